The molecule has 1 fully saturated rings. The molecule has 3 rings (SSSR count). The number of hydrogen-bond acceptors (Lipinski definition) is 4. The fourth-order valence-corrected chi connectivity index (χ4v) is 2.56. The van der Waals surface area contributed by atoms with Crippen molar-refractivity contribution in [3.63, 3.8) is 0 Å². The zero-order chi connectivity index (χ0) is 14.7. The number of carbonyl (C=O) groups is 1. The van der Waals surface area contributed by atoms with Crippen LogP contribution in [0.4, 0.5) is 0 Å². The molecule has 110 valence electrons. The molecule has 2 aromatic rings. The Labute approximate surface area is 123 Å². The van der Waals surface area contributed by atoms with Gasteiger partial charge < -0.3 is 15.2 Å². The fraction of sp³-hybridized carbons (Fsp3) is 0.375. The highest BCUT2D eigenvalue weighted by Crippen LogP contribution is 2.20. The first-order valence-corrected chi connectivity index (χ1v) is 7.10. The lowest BCUT2D eigenvalue weighted by Gasteiger charge is -2.32. The molecule has 2 N–H and O–H groups in total. The van der Waals surface area contributed by atoms with Crippen LogP contribution in [0.3, 0.4) is 0 Å². The van der Waals surface area contributed by atoms with E-state index in [0.29, 0.717) is 37.1 Å². The molecule has 1 aliphatic rings. The fourth-order valence-electron chi connectivity index (χ4n) is 2.56. The Balaban J connectivity index is 1.75. The average molecular weight is 286 g/mol. The summed E-state index contributed by atoms with van der Waals surface area (Å²) in [5.41, 5.74) is 0.339. The summed E-state index contributed by atoms with van der Waals surface area (Å²) in [6, 6.07) is 9.27. The molecule has 2 heterocycles. The van der Waals surface area contributed by atoms with Crippen LogP contribution in [0.15, 0.2) is 36.5 Å². The van der Waals surface area contributed by atoms with Gasteiger partial charge in [-0.2, -0.15) is 0 Å². The van der Waals surface area contributed by atoms with Crippen molar-refractivity contribution in [2.45, 2.75) is 18.4 Å². The van der Waals surface area contributed by atoms with Crippen LogP contribution in [0.1, 0.15) is 23.2 Å². The highest BCUT2D eigenvalue weighted by Gasteiger charge is 2.30. The largest absolute Gasteiger partial charge is 0.388 e. The van der Waals surface area contributed by atoms with Crippen LogP contribution >= 0.6 is 0 Å². The number of aliphatic hydroxyl groups is 1. The van der Waals surface area contributed by atoms with E-state index in [4.69, 9.17) is 4.74 Å². The van der Waals surface area contributed by atoms with Gasteiger partial charge in [0.05, 0.1) is 16.7 Å². The van der Waals surface area contributed by atoms with Crippen LogP contribution in [-0.4, -0.2) is 41.4 Å². The zero-order valence-electron chi connectivity index (χ0n) is 11.7. The Morgan fingerprint density at radius 1 is 1.29 bits per heavy atom. The molecule has 1 aromatic carbocycles. The van der Waals surface area contributed by atoms with Gasteiger partial charge in [0.25, 0.3) is 5.91 Å². The number of ether oxygens (including phenoxy) is 1. The van der Waals surface area contributed by atoms with Gasteiger partial charge in [-0.15, -0.1) is 0 Å². The number of nitrogens with zero attached hydrogens (tertiary/aromatic N) is 1. The summed E-state index contributed by atoms with van der Waals surface area (Å²) in [4.78, 5) is 16.6. The molecule has 1 amide bonds. The van der Waals surface area contributed by atoms with E-state index in [1.165, 1.54) is 0 Å². The number of benzene rings is 1. The maximum atomic E-state index is 12.4. The quantitative estimate of drug-likeness (QED) is 0.897. The van der Waals surface area contributed by atoms with Gasteiger partial charge in [-0.05, 0) is 12.1 Å². The van der Waals surface area contributed by atoms with Gasteiger partial charge in [-0.3, -0.25) is 9.78 Å². The van der Waals surface area contributed by atoms with Crippen LogP contribution in [0.5, 0.6) is 0 Å². The van der Waals surface area contributed by atoms with Crippen LogP contribution in [0.25, 0.3) is 10.9 Å². The number of aromatic nitrogens is 1. The predicted molar refractivity (Wildman–Crippen MR) is 79.1 cm³/mol. The lowest BCUT2D eigenvalue weighted by Crippen LogP contribution is -2.46. The van der Waals surface area contributed by atoms with Gasteiger partial charge in [-0.1, -0.05) is 18.2 Å². The summed E-state index contributed by atoms with van der Waals surface area (Å²) in [7, 11) is 0. The van der Waals surface area contributed by atoms with Gasteiger partial charge in [0.15, 0.2) is 0 Å². The first-order chi connectivity index (χ1) is 10.2. The molecule has 0 spiro atoms. The number of nitrogens with one attached hydrogen (secondary N) is 1. The van der Waals surface area contributed by atoms with Gasteiger partial charge >= 0.3 is 0 Å². The van der Waals surface area contributed by atoms with Gasteiger partial charge in [0.2, 0.25) is 0 Å². The lowest BCUT2D eigenvalue weighted by atomic mass is 9.94. The van der Waals surface area contributed by atoms with Crippen LogP contribution in [0.2, 0.25) is 0 Å². The summed E-state index contributed by atoms with van der Waals surface area (Å²) < 4.78 is 5.23. The zero-order valence-corrected chi connectivity index (χ0v) is 11.7. The Hall–Kier alpha value is -1.98. The Bertz CT molecular complexity index is 646. The molecule has 1 saturated heterocycles. The number of rotatable bonds is 3. The molecule has 21 heavy (non-hydrogen) atoms. The van der Waals surface area contributed by atoms with Crippen molar-refractivity contribution < 1.29 is 14.6 Å². The van der Waals surface area contributed by atoms with Crippen molar-refractivity contribution in [1.82, 2.24) is 10.3 Å². The van der Waals surface area contributed by atoms with Crippen LogP contribution in [-0.2, 0) is 4.74 Å². The van der Waals surface area contributed by atoms with Crippen LogP contribution < -0.4 is 5.32 Å². The molecule has 1 aliphatic heterocycles. The summed E-state index contributed by atoms with van der Waals surface area (Å²) in [6.07, 6.45) is 2.76. The first kappa shape index (κ1) is 14.0. The summed E-state index contributed by atoms with van der Waals surface area (Å²) in [5.74, 6) is -0.209. The highest BCUT2D eigenvalue weighted by molar-refractivity contribution is 6.05. The minimum Gasteiger partial charge on any atom is -0.388 e. The van der Waals surface area contributed by atoms with E-state index in [-0.39, 0.29) is 12.5 Å². The van der Waals surface area contributed by atoms with Crippen LogP contribution in [0, 0.1) is 0 Å². The maximum Gasteiger partial charge on any atom is 0.253 e. The number of pyridine rings is 1. The maximum absolute atomic E-state index is 12.4. The monoisotopic (exact) mass is 286 g/mol. The van der Waals surface area contributed by atoms with E-state index in [2.05, 4.69) is 10.3 Å². The smallest absolute Gasteiger partial charge is 0.253 e. The molecular weight excluding hydrogens is 268 g/mol. The topological polar surface area (TPSA) is 71.5 Å². The number of para-hydroxylation sites is 1. The summed E-state index contributed by atoms with van der Waals surface area (Å²) in [5, 5.41) is 14.1. The summed E-state index contributed by atoms with van der Waals surface area (Å²) >= 11 is 0. The SMILES string of the molecule is O=C(NCC1(O)CCOCC1)c1cccc2cccnc12. The standard InChI is InChI=1S/C16H18N2O3/c19-15(18-11-16(20)6-9-21-10-7-16)13-5-1-3-12-4-2-8-17-14(12)13/h1-5,8,20H,6-7,9-11H2,(H,18,19). The second-order valence-corrected chi connectivity index (χ2v) is 5.40. The van der Waals surface area contributed by atoms with E-state index in [1.807, 2.05) is 24.3 Å². The third kappa shape index (κ3) is 3.04. The molecule has 0 aliphatic carbocycles. The molecule has 0 atom stereocenters. The normalized spacial score (nSPS) is 17.6. The highest BCUT2D eigenvalue weighted by atomic mass is 16.5. The number of amides is 1. The molecule has 0 unspecified atom stereocenters. The van der Waals surface area contributed by atoms with Crippen molar-refractivity contribution in [2.75, 3.05) is 19.8 Å². The second kappa shape index (κ2) is 5.79. The molecule has 5 heteroatoms. The molecule has 0 saturated carbocycles. The van der Waals surface area contributed by atoms with E-state index >= 15 is 0 Å². The van der Waals surface area contributed by atoms with E-state index in [1.54, 1.807) is 12.3 Å². The third-order valence-corrected chi connectivity index (χ3v) is 3.88. The van der Waals surface area contributed by atoms with Crippen molar-refractivity contribution in [3.05, 3.63) is 42.1 Å². The van der Waals surface area contributed by atoms with Crippen molar-refractivity contribution in [1.29, 1.82) is 0 Å². The molecule has 0 radical (unpaired) electrons. The van der Waals surface area contributed by atoms with Crippen molar-refractivity contribution in [3.8, 4) is 0 Å². The average Bonchev–Trinajstić information content (AvgIpc) is 2.53. The third-order valence-electron chi connectivity index (χ3n) is 3.88. The predicted octanol–water partition coefficient (Wildman–Crippen LogP) is 1.51. The van der Waals surface area contributed by atoms with Gasteiger partial charge in [-0.25, -0.2) is 0 Å². The number of fused-ring (bicyclic) bond motifs is 1. The Morgan fingerprint density at radius 3 is 2.86 bits per heavy atom. The Kier molecular flexibility index (Phi) is 3.86. The van der Waals surface area contributed by atoms with Gasteiger partial charge in [0, 0.05) is 44.2 Å². The molecule has 1 aromatic heterocycles. The van der Waals surface area contributed by atoms with E-state index < -0.39 is 5.60 Å². The van der Waals surface area contributed by atoms with Crippen molar-refractivity contribution in [2.24, 2.45) is 0 Å². The first-order valence-electron chi connectivity index (χ1n) is 7.10. The second-order valence-electron chi connectivity index (χ2n) is 5.40. The summed E-state index contributed by atoms with van der Waals surface area (Å²) in [6.45, 7) is 1.29. The molecule has 0 bridgehead atoms. The van der Waals surface area contributed by atoms with E-state index in [9.17, 15) is 9.90 Å². The molecule has 5 nitrogen and oxygen atoms in total. The minimum atomic E-state index is -0.869. The van der Waals surface area contributed by atoms with Crippen molar-refractivity contribution >= 4 is 16.8 Å². The lowest BCUT2D eigenvalue weighted by molar-refractivity contribution is -0.0605. The number of hydrogen-bond donors (Lipinski definition) is 2. The van der Waals surface area contributed by atoms with E-state index in [0.717, 1.165) is 5.39 Å². The van der Waals surface area contributed by atoms with Gasteiger partial charge in [0.1, 0.15) is 0 Å². The minimum absolute atomic E-state index is 0.209. The number of carbonyl (C=O) groups excluding carboxylic acids is 1. The Morgan fingerprint density at radius 2 is 2.05 bits per heavy atom. The molecular formula is C16H18N2O3.